The minimum absolute atomic E-state index is 0.0374. The Bertz CT molecular complexity index is 1160. The zero-order valence-corrected chi connectivity index (χ0v) is 19.1. The van der Waals surface area contributed by atoms with E-state index in [0.717, 1.165) is 10.9 Å². The Hall–Kier alpha value is -2.71. The summed E-state index contributed by atoms with van der Waals surface area (Å²) in [4.78, 5) is 0. The van der Waals surface area contributed by atoms with Crippen LogP contribution in [-0.2, 0) is 4.57 Å². The quantitative estimate of drug-likeness (QED) is 0.507. The summed E-state index contributed by atoms with van der Waals surface area (Å²) < 4.78 is 17.7. The van der Waals surface area contributed by atoms with Crippen molar-refractivity contribution in [2.45, 2.75) is 30.7 Å². The molecule has 3 aromatic rings. The van der Waals surface area contributed by atoms with Crippen LogP contribution in [0.2, 0.25) is 0 Å². The van der Waals surface area contributed by atoms with E-state index in [1.807, 2.05) is 67.6 Å². The van der Waals surface area contributed by atoms with Gasteiger partial charge in [-0.1, -0.05) is 115 Å². The molecule has 2 N–H and O–H groups in total. The Morgan fingerprint density at radius 2 is 1.38 bits per heavy atom. The molecule has 0 bridgehead atoms. The first-order valence-corrected chi connectivity index (χ1v) is 13.0. The van der Waals surface area contributed by atoms with E-state index in [9.17, 15) is 0 Å². The van der Waals surface area contributed by atoms with Crippen molar-refractivity contribution in [2.24, 2.45) is 11.7 Å². The summed E-state index contributed by atoms with van der Waals surface area (Å²) >= 11 is 0. The van der Waals surface area contributed by atoms with Crippen LogP contribution in [0.4, 0.5) is 0 Å². The number of hydrogen-bond acceptors (Lipinski definition) is 2. The Labute approximate surface area is 190 Å². The zero-order chi connectivity index (χ0) is 22.1. The molecule has 0 aromatic heterocycles. The average molecular weight is 441 g/mol. The molecule has 162 valence electrons. The van der Waals surface area contributed by atoms with Gasteiger partial charge in [0.2, 0.25) is 0 Å². The Balaban J connectivity index is 1.79. The predicted octanol–water partition coefficient (Wildman–Crippen LogP) is 5.85. The maximum Gasteiger partial charge on any atom is 0.187 e. The van der Waals surface area contributed by atoms with Gasteiger partial charge in [0.1, 0.15) is 0 Å². The summed E-state index contributed by atoms with van der Waals surface area (Å²) in [7, 11) is -3.05. The van der Waals surface area contributed by atoms with E-state index in [-0.39, 0.29) is 29.7 Å². The van der Waals surface area contributed by atoms with Crippen LogP contribution in [-0.4, -0.2) is 16.4 Å². The molecule has 3 nitrogen and oxygen atoms in total. The normalized spacial score (nSPS) is 28.9. The molecule has 3 aromatic carbocycles. The van der Waals surface area contributed by atoms with Crippen LogP contribution >= 0.6 is 7.29 Å². The maximum atomic E-state index is 15.4. The Kier molecular flexibility index (Phi) is 5.73. The predicted molar refractivity (Wildman–Crippen MR) is 133 cm³/mol. The third-order valence-electron chi connectivity index (χ3n) is 6.74. The molecule has 1 aliphatic heterocycles. The minimum Gasteiger partial charge on any atom is -0.326 e. The number of hydrogen-bond donors (Lipinski definition) is 1. The summed E-state index contributed by atoms with van der Waals surface area (Å²) in [6.07, 6.45) is 8.53. The van der Waals surface area contributed by atoms with Gasteiger partial charge in [0, 0.05) is 23.3 Å². The van der Waals surface area contributed by atoms with Crippen LogP contribution < -0.4 is 11.0 Å². The molecule has 5 rings (SSSR count). The molecule has 1 heterocycles. The number of benzene rings is 3. The summed E-state index contributed by atoms with van der Waals surface area (Å²) in [5, 5.41) is 0.898. The second-order valence-electron chi connectivity index (χ2n) is 8.75. The first kappa shape index (κ1) is 21.2. The van der Waals surface area contributed by atoms with E-state index in [1.165, 1.54) is 5.56 Å². The summed E-state index contributed by atoms with van der Waals surface area (Å²) in [6, 6.07) is 30.4. The lowest BCUT2D eigenvalue weighted by Crippen LogP contribution is -2.39. The fraction of sp³-hybridized carbons (Fsp3) is 0.214. The SMILES string of the molecule is CC(N)C(c1ccccc1)N1[C@H](c2ccccc2)[C@H]2C=CC=C[C@H]2P1(=O)c1ccccc1. The number of nitrogens with two attached hydrogens (primary N) is 1. The summed E-state index contributed by atoms with van der Waals surface area (Å²) in [6.45, 7) is 2.03. The largest absolute Gasteiger partial charge is 0.326 e. The molecule has 0 amide bonds. The van der Waals surface area contributed by atoms with Crippen LogP contribution in [0.25, 0.3) is 0 Å². The molecule has 0 spiro atoms. The lowest BCUT2D eigenvalue weighted by atomic mass is 9.86. The standard InChI is InChI=1S/C28H29N2OP/c1-21(29)27(22-13-5-2-6-14-22)30-28(23-15-7-3-8-16-23)25-19-11-12-20-26(25)32(30,31)24-17-9-4-10-18-24/h2-21,25-28H,29H2,1H3/t21?,25-,26+,27?,28+,32?/m0/s1. The van der Waals surface area contributed by atoms with Crippen molar-refractivity contribution in [1.82, 2.24) is 4.67 Å². The molecule has 2 aliphatic rings. The highest BCUT2D eigenvalue weighted by Crippen LogP contribution is 2.71. The minimum atomic E-state index is -3.05. The first-order valence-electron chi connectivity index (χ1n) is 11.3. The average Bonchev–Trinajstić information content (AvgIpc) is 3.11. The van der Waals surface area contributed by atoms with Gasteiger partial charge in [-0.25, -0.2) is 4.67 Å². The van der Waals surface area contributed by atoms with Gasteiger partial charge in [0.05, 0.1) is 11.7 Å². The highest BCUT2D eigenvalue weighted by molar-refractivity contribution is 7.70. The lowest BCUT2D eigenvalue weighted by Gasteiger charge is -2.40. The third-order valence-corrected chi connectivity index (χ3v) is 10.3. The molecule has 4 heteroatoms. The van der Waals surface area contributed by atoms with Gasteiger partial charge in [0.25, 0.3) is 0 Å². The maximum absolute atomic E-state index is 15.4. The number of nitrogens with zero attached hydrogens (tertiary/aromatic N) is 1. The molecule has 1 aliphatic carbocycles. The molecule has 1 fully saturated rings. The molecule has 0 radical (unpaired) electrons. The van der Waals surface area contributed by atoms with Crippen molar-refractivity contribution in [3.63, 3.8) is 0 Å². The van der Waals surface area contributed by atoms with Crippen molar-refractivity contribution in [3.05, 3.63) is 126 Å². The van der Waals surface area contributed by atoms with E-state index in [4.69, 9.17) is 5.73 Å². The molecule has 32 heavy (non-hydrogen) atoms. The fourth-order valence-corrected chi connectivity index (χ4v) is 9.40. The Morgan fingerprint density at radius 1 is 0.812 bits per heavy atom. The monoisotopic (exact) mass is 440 g/mol. The van der Waals surface area contributed by atoms with Crippen molar-refractivity contribution in [2.75, 3.05) is 0 Å². The third kappa shape index (κ3) is 3.42. The highest BCUT2D eigenvalue weighted by Gasteiger charge is 2.58. The van der Waals surface area contributed by atoms with Crippen LogP contribution in [0.1, 0.15) is 30.1 Å². The number of fused-ring (bicyclic) bond motifs is 1. The molecule has 6 atom stereocenters. The van der Waals surface area contributed by atoms with Crippen molar-refractivity contribution in [3.8, 4) is 0 Å². The Morgan fingerprint density at radius 3 is 2.00 bits per heavy atom. The van der Waals surface area contributed by atoms with Gasteiger partial charge < -0.3 is 10.3 Å². The van der Waals surface area contributed by atoms with E-state index < -0.39 is 7.29 Å². The molecular weight excluding hydrogens is 411 g/mol. The van der Waals surface area contributed by atoms with Crippen LogP contribution in [0.3, 0.4) is 0 Å². The highest BCUT2D eigenvalue weighted by atomic mass is 31.2. The van der Waals surface area contributed by atoms with Crippen molar-refractivity contribution in [1.29, 1.82) is 0 Å². The lowest BCUT2D eigenvalue weighted by molar-refractivity contribution is 0.223. The van der Waals surface area contributed by atoms with Gasteiger partial charge in [-0.3, -0.25) is 0 Å². The number of rotatable bonds is 5. The second kappa shape index (κ2) is 8.67. The second-order valence-corrected chi connectivity index (χ2v) is 11.6. The van der Waals surface area contributed by atoms with Gasteiger partial charge in [-0.15, -0.1) is 0 Å². The first-order chi connectivity index (χ1) is 15.6. The van der Waals surface area contributed by atoms with Gasteiger partial charge in [-0.2, -0.15) is 0 Å². The van der Waals surface area contributed by atoms with Crippen molar-refractivity contribution >= 4 is 12.6 Å². The van der Waals surface area contributed by atoms with E-state index in [0.29, 0.717) is 0 Å². The molecular formula is C28H29N2OP. The summed E-state index contributed by atoms with van der Waals surface area (Å²) in [5.74, 6) is 0.110. The molecule has 0 saturated carbocycles. The smallest absolute Gasteiger partial charge is 0.187 e. The van der Waals surface area contributed by atoms with Crippen LogP contribution in [0, 0.1) is 5.92 Å². The van der Waals surface area contributed by atoms with Gasteiger partial charge in [0.15, 0.2) is 7.29 Å². The van der Waals surface area contributed by atoms with Crippen LogP contribution in [0.15, 0.2) is 115 Å². The number of allylic oxidation sites excluding steroid dienone is 3. The topological polar surface area (TPSA) is 46.3 Å². The van der Waals surface area contributed by atoms with Crippen molar-refractivity contribution < 1.29 is 4.57 Å². The molecule has 1 saturated heterocycles. The van der Waals surface area contributed by atoms with E-state index in [2.05, 4.69) is 59.3 Å². The zero-order valence-electron chi connectivity index (χ0n) is 18.2. The van der Waals surface area contributed by atoms with Crippen LogP contribution in [0.5, 0.6) is 0 Å². The fourth-order valence-electron chi connectivity index (χ4n) is 5.45. The van der Waals surface area contributed by atoms with Gasteiger partial charge >= 0.3 is 0 Å². The van der Waals surface area contributed by atoms with E-state index in [1.54, 1.807) is 0 Å². The van der Waals surface area contributed by atoms with E-state index >= 15 is 4.57 Å². The molecule has 3 unspecified atom stereocenters. The van der Waals surface area contributed by atoms with Gasteiger partial charge in [-0.05, 0) is 18.1 Å². The summed E-state index contributed by atoms with van der Waals surface area (Å²) in [5.41, 5.74) is 8.87.